The summed E-state index contributed by atoms with van der Waals surface area (Å²) in [6, 6.07) is 10.9. The lowest BCUT2D eigenvalue weighted by Crippen LogP contribution is -2.38. The molecule has 0 saturated carbocycles. The molecular weight excluding hydrogens is 196 g/mol. The Morgan fingerprint density at radius 2 is 1.75 bits per heavy atom. The third-order valence-corrected chi connectivity index (χ3v) is 4.22. The first kappa shape index (κ1) is 10.2. The fourth-order valence-electron chi connectivity index (χ4n) is 3.16. The second-order valence-corrected chi connectivity index (χ2v) is 5.26. The molecule has 2 saturated heterocycles. The summed E-state index contributed by atoms with van der Waals surface area (Å²) < 4.78 is 0. The van der Waals surface area contributed by atoms with Crippen molar-refractivity contribution in [1.82, 2.24) is 5.32 Å². The van der Waals surface area contributed by atoms with Crippen molar-refractivity contribution >= 4 is 5.69 Å². The summed E-state index contributed by atoms with van der Waals surface area (Å²) in [7, 11) is 0. The SMILES string of the molecule is c1ccc(N2CCC3(CCNCC3)C2)cc1. The molecule has 0 aromatic heterocycles. The maximum atomic E-state index is 3.47. The van der Waals surface area contributed by atoms with Gasteiger partial charge in [0.2, 0.25) is 0 Å². The van der Waals surface area contributed by atoms with Gasteiger partial charge in [0.15, 0.2) is 0 Å². The number of hydrogen-bond acceptors (Lipinski definition) is 2. The van der Waals surface area contributed by atoms with Crippen molar-refractivity contribution in [3.05, 3.63) is 30.3 Å². The zero-order chi connectivity index (χ0) is 10.8. The summed E-state index contributed by atoms with van der Waals surface area (Å²) in [5.74, 6) is 0. The van der Waals surface area contributed by atoms with E-state index in [0.29, 0.717) is 5.41 Å². The van der Waals surface area contributed by atoms with Gasteiger partial charge in [0, 0.05) is 18.8 Å². The summed E-state index contributed by atoms with van der Waals surface area (Å²) in [5, 5.41) is 3.47. The second-order valence-electron chi connectivity index (χ2n) is 5.26. The maximum absolute atomic E-state index is 3.47. The Morgan fingerprint density at radius 1 is 1.00 bits per heavy atom. The van der Waals surface area contributed by atoms with Crippen LogP contribution in [-0.2, 0) is 0 Å². The molecule has 1 spiro atoms. The normalized spacial score (nSPS) is 23.9. The minimum Gasteiger partial charge on any atom is -0.371 e. The number of benzene rings is 1. The van der Waals surface area contributed by atoms with Crippen LogP contribution in [0.1, 0.15) is 19.3 Å². The molecule has 2 nitrogen and oxygen atoms in total. The third-order valence-electron chi connectivity index (χ3n) is 4.22. The second kappa shape index (κ2) is 4.10. The largest absolute Gasteiger partial charge is 0.371 e. The van der Waals surface area contributed by atoms with Crippen molar-refractivity contribution in [2.45, 2.75) is 19.3 Å². The summed E-state index contributed by atoms with van der Waals surface area (Å²) in [5.41, 5.74) is 2.01. The van der Waals surface area contributed by atoms with Gasteiger partial charge in [-0.25, -0.2) is 0 Å². The van der Waals surface area contributed by atoms with Crippen molar-refractivity contribution in [3.63, 3.8) is 0 Å². The van der Waals surface area contributed by atoms with E-state index in [1.807, 2.05) is 0 Å². The molecule has 0 atom stereocenters. The number of nitrogens with zero attached hydrogens (tertiary/aromatic N) is 1. The average molecular weight is 216 g/mol. The molecule has 2 heteroatoms. The molecule has 0 radical (unpaired) electrons. The molecule has 1 aromatic rings. The van der Waals surface area contributed by atoms with E-state index in [1.54, 1.807) is 0 Å². The lowest BCUT2D eigenvalue weighted by atomic mass is 9.78. The zero-order valence-electron chi connectivity index (χ0n) is 9.78. The van der Waals surface area contributed by atoms with Gasteiger partial charge in [0.05, 0.1) is 0 Å². The van der Waals surface area contributed by atoms with Gasteiger partial charge < -0.3 is 10.2 Å². The topological polar surface area (TPSA) is 15.3 Å². The standard InChI is InChI=1S/C14H20N2/c1-2-4-13(5-3-1)16-11-8-14(12-16)6-9-15-10-7-14/h1-5,15H,6-12H2. The van der Waals surface area contributed by atoms with Gasteiger partial charge >= 0.3 is 0 Å². The molecule has 1 N–H and O–H groups in total. The Balaban J connectivity index is 1.73. The van der Waals surface area contributed by atoms with Crippen molar-refractivity contribution in [2.75, 3.05) is 31.1 Å². The van der Waals surface area contributed by atoms with Crippen LogP contribution in [0.15, 0.2) is 30.3 Å². The Labute approximate surface area is 97.6 Å². The van der Waals surface area contributed by atoms with E-state index >= 15 is 0 Å². The predicted octanol–water partition coefficient (Wildman–Crippen LogP) is 2.27. The number of rotatable bonds is 1. The first-order chi connectivity index (χ1) is 7.88. The van der Waals surface area contributed by atoms with Crippen LogP contribution in [0.4, 0.5) is 5.69 Å². The fraction of sp³-hybridized carbons (Fsp3) is 0.571. The first-order valence-electron chi connectivity index (χ1n) is 6.39. The quantitative estimate of drug-likeness (QED) is 0.774. The smallest absolute Gasteiger partial charge is 0.0366 e. The number of piperidine rings is 1. The summed E-state index contributed by atoms with van der Waals surface area (Å²) in [6.07, 6.45) is 4.09. The molecule has 3 rings (SSSR count). The third kappa shape index (κ3) is 1.82. The highest BCUT2D eigenvalue weighted by molar-refractivity contribution is 5.47. The number of para-hydroxylation sites is 1. The molecule has 0 amide bonds. The van der Waals surface area contributed by atoms with Gasteiger partial charge in [-0.3, -0.25) is 0 Å². The van der Waals surface area contributed by atoms with Crippen LogP contribution in [0.3, 0.4) is 0 Å². The average Bonchev–Trinajstić information content (AvgIpc) is 2.75. The maximum Gasteiger partial charge on any atom is 0.0366 e. The van der Waals surface area contributed by atoms with Crippen LogP contribution in [0.5, 0.6) is 0 Å². The highest BCUT2D eigenvalue weighted by atomic mass is 15.2. The monoisotopic (exact) mass is 216 g/mol. The molecule has 16 heavy (non-hydrogen) atoms. The van der Waals surface area contributed by atoms with E-state index in [1.165, 1.54) is 51.1 Å². The first-order valence-corrected chi connectivity index (χ1v) is 6.39. The Bertz CT molecular complexity index is 341. The van der Waals surface area contributed by atoms with Gasteiger partial charge in [-0.2, -0.15) is 0 Å². The molecule has 2 heterocycles. The van der Waals surface area contributed by atoms with Crippen molar-refractivity contribution in [2.24, 2.45) is 5.41 Å². The lowest BCUT2D eigenvalue weighted by molar-refractivity contribution is 0.232. The van der Waals surface area contributed by atoms with E-state index < -0.39 is 0 Å². The van der Waals surface area contributed by atoms with Crippen LogP contribution in [-0.4, -0.2) is 26.2 Å². The van der Waals surface area contributed by atoms with Gasteiger partial charge in [0.1, 0.15) is 0 Å². The highest BCUT2D eigenvalue weighted by Gasteiger charge is 2.38. The molecule has 1 aromatic carbocycles. The van der Waals surface area contributed by atoms with Crippen molar-refractivity contribution in [1.29, 1.82) is 0 Å². The van der Waals surface area contributed by atoms with Gasteiger partial charge in [-0.1, -0.05) is 18.2 Å². The van der Waals surface area contributed by atoms with E-state index in [2.05, 4.69) is 40.5 Å². The Kier molecular flexibility index (Phi) is 2.60. The van der Waals surface area contributed by atoms with E-state index in [9.17, 15) is 0 Å². The lowest BCUT2D eigenvalue weighted by Gasteiger charge is -2.34. The molecule has 2 fully saturated rings. The molecule has 0 aliphatic carbocycles. The Hall–Kier alpha value is -1.02. The van der Waals surface area contributed by atoms with Gasteiger partial charge in [0.25, 0.3) is 0 Å². The summed E-state index contributed by atoms with van der Waals surface area (Å²) in [6.45, 7) is 4.92. The zero-order valence-corrected chi connectivity index (χ0v) is 9.78. The van der Waals surface area contributed by atoms with Crippen LogP contribution in [0.2, 0.25) is 0 Å². The van der Waals surface area contributed by atoms with Gasteiger partial charge in [-0.15, -0.1) is 0 Å². The number of anilines is 1. The summed E-state index contributed by atoms with van der Waals surface area (Å²) >= 11 is 0. The van der Waals surface area contributed by atoms with Crippen LogP contribution >= 0.6 is 0 Å². The molecule has 2 aliphatic heterocycles. The Morgan fingerprint density at radius 3 is 2.50 bits per heavy atom. The number of hydrogen-bond donors (Lipinski definition) is 1. The fourth-order valence-corrected chi connectivity index (χ4v) is 3.16. The van der Waals surface area contributed by atoms with E-state index in [-0.39, 0.29) is 0 Å². The molecule has 0 bridgehead atoms. The van der Waals surface area contributed by atoms with Crippen molar-refractivity contribution < 1.29 is 0 Å². The minimum absolute atomic E-state index is 0.612. The molecule has 86 valence electrons. The van der Waals surface area contributed by atoms with Crippen LogP contribution in [0.25, 0.3) is 0 Å². The molecule has 2 aliphatic rings. The van der Waals surface area contributed by atoms with Gasteiger partial charge in [-0.05, 0) is 49.9 Å². The van der Waals surface area contributed by atoms with E-state index in [0.717, 1.165) is 0 Å². The minimum atomic E-state index is 0.612. The van der Waals surface area contributed by atoms with Crippen LogP contribution < -0.4 is 10.2 Å². The number of nitrogens with one attached hydrogen (secondary N) is 1. The molecular formula is C14H20N2. The van der Waals surface area contributed by atoms with Crippen molar-refractivity contribution in [3.8, 4) is 0 Å². The van der Waals surface area contributed by atoms with Crippen LogP contribution in [0, 0.1) is 5.41 Å². The molecule has 0 unspecified atom stereocenters. The highest BCUT2D eigenvalue weighted by Crippen LogP contribution is 2.40. The van der Waals surface area contributed by atoms with E-state index in [4.69, 9.17) is 0 Å². The summed E-state index contributed by atoms with van der Waals surface area (Å²) in [4.78, 5) is 2.56. The predicted molar refractivity (Wildman–Crippen MR) is 67.8 cm³/mol.